The molecule has 14 heteroatoms. The summed E-state index contributed by atoms with van der Waals surface area (Å²) in [6.07, 6.45) is -0.296. The molecule has 144 valence electrons. The summed E-state index contributed by atoms with van der Waals surface area (Å²) < 4.78 is 55.6. The Labute approximate surface area is 137 Å². The minimum Gasteiger partial charge on any atom is -0.448 e. The maximum atomic E-state index is 10.2. The number of carbonyl (C=O) groups excluding carboxylic acids is 1. The van der Waals surface area contributed by atoms with Gasteiger partial charge in [-0.3, -0.25) is 4.55 Å². The van der Waals surface area contributed by atoms with Crippen molar-refractivity contribution in [2.24, 2.45) is 17.4 Å². The molecule has 1 rings (SSSR count). The molecule has 1 aliphatic rings. The van der Waals surface area contributed by atoms with Crippen molar-refractivity contribution in [1.82, 2.24) is 5.32 Å². The van der Waals surface area contributed by atoms with Gasteiger partial charge in [-0.05, 0) is 0 Å². The van der Waals surface area contributed by atoms with Crippen LogP contribution in [0.15, 0.2) is 0 Å². The predicted molar refractivity (Wildman–Crippen MR) is 86.4 cm³/mol. The third-order valence-corrected chi connectivity index (χ3v) is 3.28. The number of nitrogens with two attached hydrogens (primary N) is 3. The average molecular weight is 384 g/mol. The largest absolute Gasteiger partial charge is 0.448 e. The molecule has 23 heavy (non-hydrogen) atoms. The first-order chi connectivity index (χ1) is 9.58. The molecule has 0 aromatic carbocycles. The maximum Gasteiger partial charge on any atom is 0.407 e. The zero-order chi connectivity index (χ0) is 16.9. The molecule has 0 aromatic rings. The second-order valence-corrected chi connectivity index (χ2v) is 6.57. The Hall–Kier alpha value is -1.03. The lowest BCUT2D eigenvalue weighted by Crippen LogP contribution is -2.20. The van der Waals surface area contributed by atoms with Crippen LogP contribution in [-0.4, -0.2) is 65.2 Å². The lowest BCUT2D eigenvalue weighted by Gasteiger charge is -1.93. The lowest BCUT2D eigenvalue weighted by atomic mass is 10.7. The van der Waals surface area contributed by atoms with Crippen LogP contribution in [0.3, 0.4) is 0 Å². The average Bonchev–Trinajstić information content (AvgIpc) is 2.80. The normalized spacial score (nSPS) is 12.8. The van der Waals surface area contributed by atoms with Crippen LogP contribution < -0.4 is 22.7 Å². The zero-order valence-electron chi connectivity index (χ0n) is 11.1. The van der Waals surface area contributed by atoms with Crippen molar-refractivity contribution in [3.8, 4) is 0 Å². The monoisotopic (exact) mass is 384 g/mol. The van der Waals surface area contributed by atoms with Gasteiger partial charge in [0.05, 0.1) is 18.1 Å². The number of alkyl carbamates (subject to hydrolysis) is 1. The highest BCUT2D eigenvalue weighted by Crippen LogP contribution is 1.83. The highest BCUT2D eigenvalue weighted by Gasteiger charge is 2.06. The standard InChI is InChI=1S/C3H5NO2.C2H8N2O3S.C2H7NO3S.2CH4/c5-3-4-1-2-6-3;3-1-2-8(5,6)7-4;3-1-2-7(4,5)6;;/h1-2H2,(H,4,5);1-4H2;1-3H2,(H,4,5,6);2*1H4. The van der Waals surface area contributed by atoms with E-state index in [4.69, 9.17) is 16.0 Å². The second kappa shape index (κ2) is 15.9. The van der Waals surface area contributed by atoms with Gasteiger partial charge in [0.25, 0.3) is 20.2 Å². The van der Waals surface area contributed by atoms with Gasteiger partial charge in [0.2, 0.25) is 0 Å². The van der Waals surface area contributed by atoms with Gasteiger partial charge in [-0.15, -0.1) is 0 Å². The summed E-state index contributed by atoms with van der Waals surface area (Å²) >= 11 is 0. The molecule has 1 saturated heterocycles. The van der Waals surface area contributed by atoms with Crippen LogP contribution >= 0.6 is 0 Å². The van der Waals surface area contributed by atoms with Crippen molar-refractivity contribution < 1.29 is 35.2 Å². The van der Waals surface area contributed by atoms with Crippen molar-refractivity contribution in [2.75, 3.05) is 37.7 Å². The van der Waals surface area contributed by atoms with Crippen molar-refractivity contribution >= 4 is 26.3 Å². The molecule has 8 N–H and O–H groups in total. The SMILES string of the molecule is C.C.NCCS(=O)(=O)O.NCCS(=O)(=O)ON.O=C1NCCO1. The van der Waals surface area contributed by atoms with Gasteiger partial charge in [0.1, 0.15) is 6.61 Å². The predicted octanol–water partition coefficient (Wildman–Crippen LogP) is -2.00. The van der Waals surface area contributed by atoms with E-state index in [-0.39, 0.29) is 45.5 Å². The van der Waals surface area contributed by atoms with Crippen LogP contribution in [-0.2, 0) is 29.3 Å². The molecule has 12 nitrogen and oxygen atoms in total. The van der Waals surface area contributed by atoms with Gasteiger partial charge in [-0.2, -0.15) is 27.0 Å². The molecule has 1 heterocycles. The number of cyclic esters (lactones) is 1. The third kappa shape index (κ3) is 26.2. The van der Waals surface area contributed by atoms with Crippen LogP contribution in [0.5, 0.6) is 0 Å². The maximum absolute atomic E-state index is 10.2. The van der Waals surface area contributed by atoms with E-state index in [1.807, 2.05) is 0 Å². The van der Waals surface area contributed by atoms with E-state index in [1.54, 1.807) is 0 Å². The number of carbonyl (C=O) groups is 1. The van der Waals surface area contributed by atoms with Crippen LogP contribution in [0, 0.1) is 0 Å². The molecular formula is C9H28N4O8S2. The van der Waals surface area contributed by atoms with Crippen molar-refractivity contribution in [3.05, 3.63) is 0 Å². The van der Waals surface area contributed by atoms with Crippen molar-refractivity contribution in [3.63, 3.8) is 0 Å². The molecule has 0 radical (unpaired) electrons. The van der Waals surface area contributed by atoms with E-state index in [2.05, 4.69) is 20.2 Å². The van der Waals surface area contributed by atoms with E-state index >= 15 is 0 Å². The van der Waals surface area contributed by atoms with Crippen LogP contribution in [0.4, 0.5) is 4.79 Å². The van der Waals surface area contributed by atoms with Crippen LogP contribution in [0.1, 0.15) is 14.9 Å². The first-order valence-electron chi connectivity index (χ1n) is 5.45. The number of rotatable bonds is 5. The Morgan fingerprint density at radius 3 is 1.70 bits per heavy atom. The highest BCUT2D eigenvalue weighted by atomic mass is 32.2. The fourth-order valence-corrected chi connectivity index (χ4v) is 1.37. The summed E-state index contributed by atoms with van der Waals surface area (Å²) in [4.78, 5) is 9.91. The van der Waals surface area contributed by atoms with Gasteiger partial charge in [-0.25, -0.2) is 4.79 Å². The lowest BCUT2D eigenvalue weighted by molar-refractivity contribution is 0.178. The number of amides is 1. The topological polar surface area (TPSA) is 214 Å². The fourth-order valence-electron chi connectivity index (χ4n) is 0.689. The van der Waals surface area contributed by atoms with Gasteiger partial charge < -0.3 is 21.5 Å². The Morgan fingerprint density at radius 1 is 1.13 bits per heavy atom. The number of ether oxygens (including phenoxy) is 1. The summed E-state index contributed by atoms with van der Waals surface area (Å²) in [6, 6.07) is 0. The smallest absolute Gasteiger partial charge is 0.407 e. The Balaban J connectivity index is -0.000000113. The molecule has 0 saturated carbocycles. The molecule has 0 atom stereocenters. The number of nitrogens with one attached hydrogen (secondary N) is 1. The minimum atomic E-state index is -3.80. The van der Waals surface area contributed by atoms with E-state index in [9.17, 15) is 21.6 Å². The molecule has 0 spiro atoms. The first-order valence-corrected chi connectivity index (χ1v) is 8.63. The summed E-state index contributed by atoms with van der Waals surface area (Å²) in [6.45, 7) is 1.19. The van der Waals surface area contributed by atoms with Crippen LogP contribution in [0.2, 0.25) is 0 Å². The third-order valence-electron chi connectivity index (χ3n) is 1.49. The highest BCUT2D eigenvalue weighted by molar-refractivity contribution is 7.86. The van der Waals surface area contributed by atoms with Gasteiger partial charge in [-0.1, -0.05) is 14.9 Å². The Bertz CT molecular complexity index is 472. The van der Waals surface area contributed by atoms with Gasteiger partial charge >= 0.3 is 6.09 Å². The van der Waals surface area contributed by atoms with E-state index in [0.29, 0.717) is 13.2 Å². The summed E-state index contributed by atoms with van der Waals surface area (Å²) in [5.74, 6) is 3.76. The molecule has 0 bridgehead atoms. The zero-order valence-corrected chi connectivity index (χ0v) is 12.7. The molecule has 1 amide bonds. The van der Waals surface area contributed by atoms with E-state index < -0.39 is 20.2 Å². The van der Waals surface area contributed by atoms with Gasteiger partial charge in [0.15, 0.2) is 0 Å². The second-order valence-electron chi connectivity index (χ2n) is 3.28. The molecule has 0 unspecified atom stereocenters. The molecule has 1 fully saturated rings. The van der Waals surface area contributed by atoms with Crippen LogP contribution in [0.25, 0.3) is 0 Å². The molecule has 0 aromatic heterocycles. The number of hydrogen-bond donors (Lipinski definition) is 5. The van der Waals surface area contributed by atoms with E-state index in [0.717, 1.165) is 0 Å². The Kier molecular flexibility index (Phi) is 20.6. The summed E-state index contributed by atoms with van der Waals surface area (Å²) in [5.41, 5.74) is 9.65. The van der Waals surface area contributed by atoms with E-state index in [1.165, 1.54) is 0 Å². The Morgan fingerprint density at radius 2 is 1.61 bits per heavy atom. The van der Waals surface area contributed by atoms with Crippen molar-refractivity contribution in [2.45, 2.75) is 14.9 Å². The number of hydrogen-bond acceptors (Lipinski definition) is 10. The summed E-state index contributed by atoms with van der Waals surface area (Å²) in [5, 5.41) is 2.46. The first kappa shape index (κ1) is 29.9. The van der Waals surface area contributed by atoms with Gasteiger partial charge in [0, 0.05) is 13.1 Å². The molecule has 0 aliphatic carbocycles. The minimum absolute atomic E-state index is 0. The fraction of sp³-hybridized carbons (Fsp3) is 0.889. The molecular weight excluding hydrogens is 356 g/mol. The molecule has 1 aliphatic heterocycles. The quantitative estimate of drug-likeness (QED) is 0.258. The summed E-state index contributed by atoms with van der Waals surface area (Å²) in [7, 11) is -7.32. The van der Waals surface area contributed by atoms with Crippen molar-refractivity contribution in [1.29, 1.82) is 0 Å².